The molecule has 2 aromatic rings. The molecule has 1 heterocycles. The molecule has 0 fully saturated rings. The summed E-state index contributed by atoms with van der Waals surface area (Å²) in [6.45, 7) is 0. The second-order valence-electron chi connectivity index (χ2n) is 2.44. The van der Waals surface area contributed by atoms with Gasteiger partial charge < -0.3 is 5.11 Å². The normalized spacial score (nSPS) is 9.92. The number of fused-ring (bicyclic) bond motifs is 1. The van der Waals surface area contributed by atoms with Crippen molar-refractivity contribution in [2.75, 3.05) is 0 Å². The Hall–Kier alpha value is -1.53. The molecule has 1 aromatic carbocycles. The van der Waals surface area contributed by atoms with Crippen molar-refractivity contribution >= 4 is 21.4 Å². The molecule has 0 unspecified atom stereocenters. The van der Waals surface area contributed by atoms with Gasteiger partial charge in [-0.1, -0.05) is 0 Å². The fraction of sp³-hybridized carbons (Fsp3) is 0. The predicted octanol–water partition coefficient (Wildman–Crippen LogP) is 2.48. The molecule has 0 amide bonds. The summed E-state index contributed by atoms with van der Waals surface area (Å²) in [7, 11) is 0. The molecule has 0 radical (unpaired) electrons. The van der Waals surface area contributed by atoms with Gasteiger partial charge in [0.1, 0.15) is 5.75 Å². The molecule has 0 aliphatic rings. The van der Waals surface area contributed by atoms with Crippen molar-refractivity contribution in [3.8, 4) is 11.8 Å². The first-order chi connectivity index (χ1) is 5.81. The fourth-order valence-corrected chi connectivity index (χ4v) is 1.99. The zero-order valence-electron chi connectivity index (χ0n) is 6.11. The highest BCUT2D eigenvalue weighted by Crippen LogP contribution is 2.28. The zero-order valence-corrected chi connectivity index (χ0v) is 6.93. The third-order valence-electron chi connectivity index (χ3n) is 1.68. The number of phenolic OH excluding ortho intramolecular Hbond substituents is 1. The standard InChI is InChI=1S/C9H5NOS/c10-5-6-3-7(11)4-9-8(6)1-2-12-9/h1-4,11H. The third kappa shape index (κ3) is 0.936. The van der Waals surface area contributed by atoms with Crippen molar-refractivity contribution in [3.63, 3.8) is 0 Å². The van der Waals surface area contributed by atoms with Crippen molar-refractivity contribution in [1.29, 1.82) is 5.26 Å². The van der Waals surface area contributed by atoms with E-state index < -0.39 is 0 Å². The Labute approximate surface area is 73.3 Å². The van der Waals surface area contributed by atoms with Gasteiger partial charge in [-0.25, -0.2) is 0 Å². The lowest BCUT2D eigenvalue weighted by molar-refractivity contribution is 0.476. The van der Waals surface area contributed by atoms with Crippen LogP contribution in [0.15, 0.2) is 23.6 Å². The second kappa shape index (κ2) is 2.50. The van der Waals surface area contributed by atoms with E-state index in [-0.39, 0.29) is 5.75 Å². The van der Waals surface area contributed by atoms with Crippen LogP contribution in [-0.4, -0.2) is 5.11 Å². The molecule has 2 rings (SSSR count). The number of hydrogen-bond acceptors (Lipinski definition) is 3. The van der Waals surface area contributed by atoms with Crippen LogP contribution in [0.5, 0.6) is 5.75 Å². The van der Waals surface area contributed by atoms with E-state index >= 15 is 0 Å². The molecule has 1 aromatic heterocycles. The molecule has 2 nitrogen and oxygen atoms in total. The lowest BCUT2D eigenvalue weighted by Crippen LogP contribution is -1.74. The van der Waals surface area contributed by atoms with Crippen molar-refractivity contribution in [1.82, 2.24) is 0 Å². The minimum absolute atomic E-state index is 0.154. The average Bonchev–Trinajstić information content (AvgIpc) is 2.50. The molecular weight excluding hydrogens is 170 g/mol. The van der Waals surface area contributed by atoms with Gasteiger partial charge in [-0.2, -0.15) is 5.26 Å². The number of nitriles is 1. The number of benzene rings is 1. The van der Waals surface area contributed by atoms with Gasteiger partial charge in [0.25, 0.3) is 0 Å². The van der Waals surface area contributed by atoms with Gasteiger partial charge in [0.2, 0.25) is 0 Å². The Morgan fingerprint density at radius 2 is 2.25 bits per heavy atom. The first kappa shape index (κ1) is 7.14. The van der Waals surface area contributed by atoms with Crippen LogP contribution in [0.4, 0.5) is 0 Å². The lowest BCUT2D eigenvalue weighted by Gasteiger charge is -1.94. The molecule has 0 saturated carbocycles. The summed E-state index contributed by atoms with van der Waals surface area (Å²) >= 11 is 1.52. The Bertz CT molecular complexity index is 467. The second-order valence-corrected chi connectivity index (χ2v) is 3.39. The van der Waals surface area contributed by atoms with Crippen LogP contribution < -0.4 is 0 Å². The van der Waals surface area contributed by atoms with Crippen LogP contribution >= 0.6 is 11.3 Å². The van der Waals surface area contributed by atoms with Crippen LogP contribution in [-0.2, 0) is 0 Å². The minimum atomic E-state index is 0.154. The van der Waals surface area contributed by atoms with Crippen LogP contribution in [0, 0.1) is 11.3 Å². The largest absolute Gasteiger partial charge is 0.508 e. The molecule has 58 valence electrons. The summed E-state index contributed by atoms with van der Waals surface area (Å²) < 4.78 is 0.951. The number of rotatable bonds is 0. The quantitative estimate of drug-likeness (QED) is 0.668. The van der Waals surface area contributed by atoms with E-state index in [1.54, 1.807) is 6.07 Å². The summed E-state index contributed by atoms with van der Waals surface area (Å²) in [5, 5.41) is 20.8. The molecule has 0 spiro atoms. The van der Waals surface area contributed by atoms with Crippen molar-refractivity contribution in [2.24, 2.45) is 0 Å². The van der Waals surface area contributed by atoms with Crippen molar-refractivity contribution in [2.45, 2.75) is 0 Å². The van der Waals surface area contributed by atoms with Gasteiger partial charge in [-0.3, -0.25) is 0 Å². The topological polar surface area (TPSA) is 44.0 Å². The third-order valence-corrected chi connectivity index (χ3v) is 2.54. The van der Waals surface area contributed by atoms with E-state index in [2.05, 4.69) is 0 Å². The van der Waals surface area contributed by atoms with E-state index in [1.165, 1.54) is 17.4 Å². The smallest absolute Gasteiger partial charge is 0.118 e. The predicted molar refractivity (Wildman–Crippen MR) is 48.2 cm³/mol. The maximum absolute atomic E-state index is 9.22. The van der Waals surface area contributed by atoms with Crippen LogP contribution in [0.3, 0.4) is 0 Å². The number of nitrogens with zero attached hydrogens (tertiary/aromatic N) is 1. The van der Waals surface area contributed by atoms with Gasteiger partial charge in [0, 0.05) is 10.1 Å². The minimum Gasteiger partial charge on any atom is -0.508 e. The monoisotopic (exact) mass is 175 g/mol. The fourth-order valence-electron chi connectivity index (χ4n) is 1.15. The number of aromatic hydroxyl groups is 1. The molecular formula is C9H5NOS. The maximum atomic E-state index is 9.22. The molecule has 0 atom stereocenters. The summed E-state index contributed by atoms with van der Waals surface area (Å²) in [5.41, 5.74) is 0.534. The van der Waals surface area contributed by atoms with E-state index in [4.69, 9.17) is 5.26 Å². The van der Waals surface area contributed by atoms with Crippen molar-refractivity contribution in [3.05, 3.63) is 29.1 Å². The molecule has 3 heteroatoms. The molecule has 0 aliphatic heterocycles. The Kier molecular flexibility index (Phi) is 1.49. The SMILES string of the molecule is N#Cc1cc(O)cc2sccc12. The Morgan fingerprint density at radius 3 is 3.00 bits per heavy atom. The number of thiophene rings is 1. The summed E-state index contributed by atoms with van der Waals surface area (Å²) in [4.78, 5) is 0. The Morgan fingerprint density at radius 1 is 1.42 bits per heavy atom. The van der Waals surface area contributed by atoms with E-state index in [0.717, 1.165) is 10.1 Å². The van der Waals surface area contributed by atoms with Crippen LogP contribution in [0.1, 0.15) is 5.56 Å². The van der Waals surface area contributed by atoms with Crippen LogP contribution in [0.25, 0.3) is 10.1 Å². The van der Waals surface area contributed by atoms with Crippen LogP contribution in [0.2, 0.25) is 0 Å². The van der Waals surface area contributed by atoms with Gasteiger partial charge in [-0.05, 0) is 23.6 Å². The lowest BCUT2D eigenvalue weighted by atomic mass is 10.1. The van der Waals surface area contributed by atoms with E-state index in [9.17, 15) is 5.11 Å². The van der Waals surface area contributed by atoms with Gasteiger partial charge in [-0.15, -0.1) is 11.3 Å². The maximum Gasteiger partial charge on any atom is 0.118 e. The molecule has 1 N–H and O–H groups in total. The summed E-state index contributed by atoms with van der Waals surface area (Å²) in [6, 6.07) is 7.08. The first-order valence-corrected chi connectivity index (χ1v) is 4.29. The van der Waals surface area contributed by atoms with Gasteiger partial charge in [0.15, 0.2) is 0 Å². The first-order valence-electron chi connectivity index (χ1n) is 3.41. The molecule has 12 heavy (non-hydrogen) atoms. The summed E-state index contributed by atoms with van der Waals surface area (Å²) in [5.74, 6) is 0.154. The van der Waals surface area contributed by atoms with Gasteiger partial charge >= 0.3 is 0 Å². The zero-order chi connectivity index (χ0) is 8.55. The molecule has 0 bridgehead atoms. The number of phenols is 1. The highest BCUT2D eigenvalue weighted by molar-refractivity contribution is 7.17. The molecule has 0 saturated heterocycles. The highest BCUT2D eigenvalue weighted by Gasteiger charge is 2.03. The van der Waals surface area contributed by atoms with Gasteiger partial charge in [0.05, 0.1) is 11.6 Å². The summed E-state index contributed by atoms with van der Waals surface area (Å²) in [6.07, 6.45) is 0. The van der Waals surface area contributed by atoms with E-state index in [1.807, 2.05) is 17.5 Å². The van der Waals surface area contributed by atoms with E-state index in [0.29, 0.717) is 5.56 Å². The number of hydrogen-bond donors (Lipinski definition) is 1. The molecule has 0 aliphatic carbocycles. The average molecular weight is 175 g/mol. The highest BCUT2D eigenvalue weighted by atomic mass is 32.1. The Balaban J connectivity index is 2.91. The van der Waals surface area contributed by atoms with Crippen molar-refractivity contribution < 1.29 is 5.11 Å².